The Morgan fingerprint density at radius 1 is 1.06 bits per heavy atom. The van der Waals surface area contributed by atoms with Crippen molar-refractivity contribution in [2.75, 3.05) is 11.9 Å². The Labute approximate surface area is 207 Å². The Morgan fingerprint density at radius 2 is 1.79 bits per heavy atom. The second-order valence-electron chi connectivity index (χ2n) is 7.29. The number of hydrogen-bond donors (Lipinski definition) is 1. The van der Waals surface area contributed by atoms with Crippen LogP contribution in [0.5, 0.6) is 5.75 Å². The van der Waals surface area contributed by atoms with E-state index < -0.39 is 17.1 Å². The third kappa shape index (κ3) is 5.92. The number of amides is 3. The number of thioether (sulfide) groups is 1. The Hall–Kier alpha value is -3.43. The van der Waals surface area contributed by atoms with Gasteiger partial charge in [0.25, 0.3) is 11.1 Å². The number of nitrogens with one attached hydrogen (secondary N) is 1. The maximum Gasteiger partial charge on any atom is 0.294 e. The van der Waals surface area contributed by atoms with E-state index >= 15 is 0 Å². The zero-order valence-electron chi connectivity index (χ0n) is 17.7. The van der Waals surface area contributed by atoms with Gasteiger partial charge in [0.15, 0.2) is 0 Å². The van der Waals surface area contributed by atoms with Gasteiger partial charge < -0.3 is 10.1 Å². The fourth-order valence-electron chi connectivity index (χ4n) is 3.12. The summed E-state index contributed by atoms with van der Waals surface area (Å²) in [6, 6.07) is 20.1. The molecule has 6 nitrogen and oxygen atoms in total. The minimum atomic E-state index is -0.522. The van der Waals surface area contributed by atoms with E-state index in [0.29, 0.717) is 21.5 Å². The number of para-hydroxylation sites is 1. The topological polar surface area (TPSA) is 75.7 Å². The minimum absolute atomic E-state index is 0.226. The summed E-state index contributed by atoms with van der Waals surface area (Å²) in [6.07, 6.45) is 1.59. The summed E-state index contributed by atoms with van der Waals surface area (Å²) < 4.78 is 19.5. The molecule has 1 fully saturated rings. The Bertz CT molecular complexity index is 1270. The fourth-order valence-corrected chi connectivity index (χ4v) is 4.47. The van der Waals surface area contributed by atoms with E-state index in [-0.39, 0.29) is 23.9 Å². The Balaban J connectivity index is 1.39. The van der Waals surface area contributed by atoms with Crippen molar-refractivity contribution >= 4 is 56.5 Å². The first-order valence-electron chi connectivity index (χ1n) is 10.2. The van der Waals surface area contributed by atoms with Crippen molar-refractivity contribution in [3.8, 4) is 5.75 Å². The molecule has 1 aliphatic heterocycles. The largest absolute Gasteiger partial charge is 0.488 e. The number of benzene rings is 3. The highest BCUT2D eigenvalue weighted by Crippen LogP contribution is 2.34. The van der Waals surface area contributed by atoms with Gasteiger partial charge in [-0.15, -0.1) is 0 Å². The van der Waals surface area contributed by atoms with Crippen molar-refractivity contribution in [3.05, 3.63) is 99.1 Å². The lowest BCUT2D eigenvalue weighted by atomic mass is 10.2. The van der Waals surface area contributed by atoms with Gasteiger partial charge in [-0.2, -0.15) is 0 Å². The van der Waals surface area contributed by atoms with Crippen molar-refractivity contribution in [1.82, 2.24) is 4.90 Å². The smallest absolute Gasteiger partial charge is 0.294 e. The molecule has 0 atom stereocenters. The first-order valence-corrected chi connectivity index (χ1v) is 11.8. The highest BCUT2D eigenvalue weighted by molar-refractivity contribution is 9.10. The summed E-state index contributed by atoms with van der Waals surface area (Å²) in [4.78, 5) is 38.5. The highest BCUT2D eigenvalue weighted by Gasteiger charge is 2.36. The van der Waals surface area contributed by atoms with Crippen molar-refractivity contribution in [1.29, 1.82) is 0 Å². The van der Waals surface area contributed by atoms with Crippen molar-refractivity contribution in [2.45, 2.75) is 6.61 Å². The lowest BCUT2D eigenvalue weighted by Crippen LogP contribution is -2.36. The molecule has 9 heteroatoms. The van der Waals surface area contributed by atoms with Gasteiger partial charge in [-0.3, -0.25) is 19.3 Å². The van der Waals surface area contributed by atoms with Crippen molar-refractivity contribution in [2.24, 2.45) is 0 Å². The molecule has 1 heterocycles. The van der Waals surface area contributed by atoms with Crippen molar-refractivity contribution in [3.63, 3.8) is 0 Å². The standard InChI is InChI=1S/C25H18BrFN2O4S/c26-20-12-17(8-11-21(20)33-15-16-6-9-18(27)10-7-16)13-22-24(31)29(25(32)34-22)14-23(30)28-19-4-2-1-3-5-19/h1-13H,14-15H2,(H,28,30)/b22-13-. The molecular weight excluding hydrogens is 523 g/mol. The second kappa shape index (κ2) is 10.7. The molecule has 0 unspecified atom stereocenters. The van der Waals surface area contributed by atoms with E-state index in [1.807, 2.05) is 6.07 Å². The average Bonchev–Trinajstić information content (AvgIpc) is 3.07. The molecule has 34 heavy (non-hydrogen) atoms. The van der Waals surface area contributed by atoms with Gasteiger partial charge in [0.2, 0.25) is 5.91 Å². The second-order valence-corrected chi connectivity index (χ2v) is 9.13. The van der Waals surface area contributed by atoms with Crippen LogP contribution in [0.1, 0.15) is 11.1 Å². The highest BCUT2D eigenvalue weighted by atomic mass is 79.9. The average molecular weight is 541 g/mol. The Morgan fingerprint density at radius 3 is 2.50 bits per heavy atom. The molecule has 0 spiro atoms. The zero-order chi connectivity index (χ0) is 24.1. The molecule has 0 bridgehead atoms. The van der Waals surface area contributed by atoms with Crippen LogP contribution < -0.4 is 10.1 Å². The first kappa shape index (κ1) is 23.7. The molecule has 1 saturated heterocycles. The summed E-state index contributed by atoms with van der Waals surface area (Å²) in [5.74, 6) is -0.714. The molecule has 3 amide bonds. The predicted octanol–water partition coefficient (Wildman–Crippen LogP) is 5.84. The normalized spacial score (nSPS) is 14.5. The summed E-state index contributed by atoms with van der Waals surface area (Å²) in [5, 5.41) is 2.16. The maximum atomic E-state index is 13.0. The number of carbonyl (C=O) groups excluding carboxylic acids is 3. The van der Waals surface area contributed by atoms with E-state index in [9.17, 15) is 18.8 Å². The lowest BCUT2D eigenvalue weighted by molar-refractivity contribution is -0.127. The maximum absolute atomic E-state index is 13.0. The molecule has 0 aromatic heterocycles. The third-order valence-electron chi connectivity index (χ3n) is 4.79. The fraction of sp³-hybridized carbons (Fsp3) is 0.0800. The number of carbonyl (C=O) groups is 3. The molecule has 3 aromatic rings. The molecule has 0 saturated carbocycles. The van der Waals surface area contributed by atoms with E-state index in [1.165, 1.54) is 12.1 Å². The first-order chi connectivity index (χ1) is 16.4. The van der Waals surface area contributed by atoms with Crippen LogP contribution in [-0.2, 0) is 16.2 Å². The number of halogens is 2. The molecule has 3 aromatic carbocycles. The van der Waals surface area contributed by atoms with Crippen molar-refractivity contribution < 1.29 is 23.5 Å². The van der Waals surface area contributed by atoms with Crippen LogP contribution in [0.25, 0.3) is 6.08 Å². The molecule has 4 rings (SSSR count). The number of rotatable bonds is 7. The van der Waals surface area contributed by atoms with Crippen LogP contribution in [0.15, 0.2) is 82.2 Å². The zero-order valence-corrected chi connectivity index (χ0v) is 20.1. The van der Waals surface area contributed by atoms with E-state index in [2.05, 4.69) is 21.2 Å². The SMILES string of the molecule is O=C(CN1C(=O)S/C(=C\c2ccc(OCc3ccc(F)cc3)c(Br)c2)C1=O)Nc1ccccc1. The summed E-state index contributed by atoms with van der Waals surface area (Å²) in [5.41, 5.74) is 2.09. The molecule has 1 aliphatic rings. The van der Waals surface area contributed by atoms with Gasteiger partial charge in [-0.25, -0.2) is 4.39 Å². The van der Waals surface area contributed by atoms with Crippen LogP contribution in [0, 0.1) is 5.82 Å². The Kier molecular flexibility index (Phi) is 7.44. The molecular formula is C25H18BrFN2O4S. The van der Waals surface area contributed by atoms with Crippen LogP contribution in [0.2, 0.25) is 0 Å². The van der Waals surface area contributed by atoms with Gasteiger partial charge in [0.05, 0.1) is 9.38 Å². The van der Waals surface area contributed by atoms with E-state index in [4.69, 9.17) is 4.74 Å². The van der Waals surface area contributed by atoms with E-state index in [1.54, 1.807) is 60.7 Å². The van der Waals surface area contributed by atoms with Gasteiger partial charge in [0, 0.05) is 5.69 Å². The van der Waals surface area contributed by atoms with Crippen LogP contribution in [-0.4, -0.2) is 28.5 Å². The van der Waals surface area contributed by atoms with Crippen LogP contribution in [0.3, 0.4) is 0 Å². The van der Waals surface area contributed by atoms with Gasteiger partial charge >= 0.3 is 0 Å². The third-order valence-corrected chi connectivity index (χ3v) is 6.32. The number of nitrogens with zero attached hydrogens (tertiary/aromatic N) is 1. The summed E-state index contributed by atoms with van der Waals surface area (Å²) in [7, 11) is 0. The minimum Gasteiger partial charge on any atom is -0.488 e. The molecule has 0 radical (unpaired) electrons. The number of hydrogen-bond acceptors (Lipinski definition) is 5. The molecule has 1 N–H and O–H groups in total. The van der Waals surface area contributed by atoms with Gasteiger partial charge in [-0.05, 0) is 81.3 Å². The monoisotopic (exact) mass is 540 g/mol. The number of ether oxygens (including phenoxy) is 1. The predicted molar refractivity (Wildman–Crippen MR) is 133 cm³/mol. The van der Waals surface area contributed by atoms with Gasteiger partial charge in [-0.1, -0.05) is 36.4 Å². The quantitative estimate of drug-likeness (QED) is 0.381. The molecule has 172 valence electrons. The summed E-state index contributed by atoms with van der Waals surface area (Å²) in [6.45, 7) is -0.0983. The number of anilines is 1. The number of imide groups is 1. The molecule has 0 aliphatic carbocycles. The summed E-state index contributed by atoms with van der Waals surface area (Å²) >= 11 is 4.23. The van der Waals surface area contributed by atoms with E-state index in [0.717, 1.165) is 22.2 Å². The lowest BCUT2D eigenvalue weighted by Gasteiger charge is -2.12. The van der Waals surface area contributed by atoms with Crippen LogP contribution >= 0.6 is 27.7 Å². The van der Waals surface area contributed by atoms with Crippen LogP contribution in [0.4, 0.5) is 14.9 Å². The van der Waals surface area contributed by atoms with Gasteiger partial charge in [0.1, 0.15) is 24.7 Å².